The molecule has 1 atom stereocenters. The lowest BCUT2D eigenvalue weighted by atomic mass is 10.2. The summed E-state index contributed by atoms with van der Waals surface area (Å²) in [6.45, 7) is 1.49. The number of nitrogens with zero attached hydrogens (tertiary/aromatic N) is 1. The van der Waals surface area contributed by atoms with Crippen molar-refractivity contribution in [1.29, 1.82) is 0 Å². The number of amides is 2. The molecule has 0 bridgehead atoms. The summed E-state index contributed by atoms with van der Waals surface area (Å²) in [5.41, 5.74) is 0. The quantitative estimate of drug-likeness (QED) is 0.632. The first-order valence-corrected chi connectivity index (χ1v) is 11.0. The molecular formula is C16H22N2O6S2. The molecule has 2 heterocycles. The molecule has 0 saturated carbocycles. The van der Waals surface area contributed by atoms with Gasteiger partial charge in [-0.25, -0.2) is 8.42 Å². The highest BCUT2D eigenvalue weighted by Gasteiger charge is 2.34. The Morgan fingerprint density at radius 2 is 2.15 bits per heavy atom. The van der Waals surface area contributed by atoms with Gasteiger partial charge in [-0.2, -0.15) is 0 Å². The SMILES string of the molecule is CCCN(C(=O)COC(=O)CNC(=O)c1cccs1)[C@@H]1CCS(=O)(=O)C1. The van der Waals surface area contributed by atoms with Crippen LogP contribution in [0.25, 0.3) is 0 Å². The number of hydrogen-bond acceptors (Lipinski definition) is 7. The van der Waals surface area contributed by atoms with E-state index in [1.807, 2.05) is 6.92 Å². The molecule has 0 spiro atoms. The summed E-state index contributed by atoms with van der Waals surface area (Å²) in [5, 5.41) is 4.17. The summed E-state index contributed by atoms with van der Waals surface area (Å²) in [6, 6.07) is 2.99. The van der Waals surface area contributed by atoms with Crippen LogP contribution in [0.4, 0.5) is 0 Å². The maximum Gasteiger partial charge on any atom is 0.325 e. The molecular weight excluding hydrogens is 380 g/mol. The first kappa shape index (κ1) is 20.4. The van der Waals surface area contributed by atoms with E-state index in [0.29, 0.717) is 24.3 Å². The van der Waals surface area contributed by atoms with Gasteiger partial charge in [0.2, 0.25) is 0 Å². The van der Waals surface area contributed by atoms with Crippen LogP contribution in [0.3, 0.4) is 0 Å². The van der Waals surface area contributed by atoms with Gasteiger partial charge >= 0.3 is 5.97 Å². The molecule has 0 aromatic carbocycles. The van der Waals surface area contributed by atoms with Crippen LogP contribution < -0.4 is 5.32 Å². The second kappa shape index (κ2) is 9.13. The molecule has 2 amide bonds. The monoisotopic (exact) mass is 402 g/mol. The van der Waals surface area contributed by atoms with Gasteiger partial charge in [0.15, 0.2) is 16.4 Å². The Balaban J connectivity index is 1.79. The lowest BCUT2D eigenvalue weighted by molar-refractivity contribution is -0.152. The normalized spacial score (nSPS) is 18.3. The second-order valence-corrected chi connectivity index (χ2v) is 9.14. The van der Waals surface area contributed by atoms with Gasteiger partial charge < -0.3 is 15.0 Å². The summed E-state index contributed by atoms with van der Waals surface area (Å²) in [4.78, 5) is 37.7. The predicted molar refractivity (Wildman–Crippen MR) is 96.7 cm³/mol. The first-order chi connectivity index (χ1) is 12.3. The summed E-state index contributed by atoms with van der Waals surface area (Å²) >= 11 is 1.25. The number of hydrogen-bond donors (Lipinski definition) is 1. The van der Waals surface area contributed by atoms with E-state index in [2.05, 4.69) is 5.32 Å². The Kier molecular flexibility index (Phi) is 7.15. The standard InChI is InChI=1S/C16H22N2O6S2/c1-2-6-18(12-5-8-26(22,23)11-12)14(19)10-24-15(20)9-17-16(21)13-4-3-7-25-13/h3-4,7,12H,2,5-6,8-11H2,1H3,(H,17,21)/t12-/m1/s1. The van der Waals surface area contributed by atoms with E-state index in [0.717, 1.165) is 0 Å². The zero-order valence-electron chi connectivity index (χ0n) is 14.5. The summed E-state index contributed by atoms with van der Waals surface area (Å²) in [5.74, 6) is -1.51. The lowest BCUT2D eigenvalue weighted by Crippen LogP contribution is -2.44. The highest BCUT2D eigenvalue weighted by molar-refractivity contribution is 7.91. The van der Waals surface area contributed by atoms with E-state index in [4.69, 9.17) is 4.74 Å². The van der Waals surface area contributed by atoms with Gasteiger partial charge in [-0.1, -0.05) is 13.0 Å². The topological polar surface area (TPSA) is 110 Å². The molecule has 26 heavy (non-hydrogen) atoms. The Hall–Kier alpha value is -1.94. The van der Waals surface area contributed by atoms with E-state index >= 15 is 0 Å². The maximum atomic E-state index is 12.3. The van der Waals surface area contributed by atoms with Crippen LogP contribution in [0.1, 0.15) is 29.4 Å². The van der Waals surface area contributed by atoms with Crippen LogP contribution in [-0.4, -0.2) is 68.3 Å². The van der Waals surface area contributed by atoms with Crippen molar-refractivity contribution in [2.75, 3.05) is 31.2 Å². The minimum Gasteiger partial charge on any atom is -0.454 e. The Morgan fingerprint density at radius 3 is 2.73 bits per heavy atom. The zero-order valence-corrected chi connectivity index (χ0v) is 16.1. The third kappa shape index (κ3) is 5.80. The molecule has 10 heteroatoms. The molecule has 1 aromatic rings. The molecule has 144 valence electrons. The van der Waals surface area contributed by atoms with E-state index < -0.39 is 28.3 Å². The Bertz CT molecular complexity index is 745. The maximum absolute atomic E-state index is 12.3. The van der Waals surface area contributed by atoms with E-state index in [1.54, 1.807) is 17.5 Å². The molecule has 2 rings (SSSR count). The molecule has 1 fully saturated rings. The number of ether oxygens (including phenoxy) is 1. The third-order valence-electron chi connectivity index (χ3n) is 3.93. The van der Waals surface area contributed by atoms with Gasteiger partial charge in [0.05, 0.1) is 16.4 Å². The van der Waals surface area contributed by atoms with Gasteiger partial charge in [0.1, 0.15) is 6.54 Å². The van der Waals surface area contributed by atoms with Crippen LogP contribution in [-0.2, 0) is 24.2 Å². The van der Waals surface area contributed by atoms with Crippen molar-refractivity contribution >= 4 is 39.0 Å². The van der Waals surface area contributed by atoms with Crippen LogP contribution in [0.5, 0.6) is 0 Å². The minimum absolute atomic E-state index is 0.0520. The molecule has 8 nitrogen and oxygen atoms in total. The number of carbonyl (C=O) groups excluding carboxylic acids is 3. The highest BCUT2D eigenvalue weighted by Crippen LogP contribution is 2.18. The van der Waals surface area contributed by atoms with Crippen LogP contribution in [0, 0.1) is 0 Å². The molecule has 0 radical (unpaired) electrons. The van der Waals surface area contributed by atoms with Crippen molar-refractivity contribution in [3.63, 3.8) is 0 Å². The number of carbonyl (C=O) groups is 3. The fourth-order valence-corrected chi connectivity index (χ4v) is 5.07. The van der Waals surface area contributed by atoms with Gasteiger partial charge in [-0.05, 0) is 24.3 Å². The summed E-state index contributed by atoms with van der Waals surface area (Å²) in [6.07, 6.45) is 1.08. The lowest BCUT2D eigenvalue weighted by Gasteiger charge is -2.27. The second-order valence-electron chi connectivity index (χ2n) is 5.96. The first-order valence-electron chi connectivity index (χ1n) is 8.29. The van der Waals surface area contributed by atoms with E-state index in [-0.39, 0.29) is 30.0 Å². The predicted octanol–water partition coefficient (Wildman–Crippen LogP) is 0.447. The van der Waals surface area contributed by atoms with Crippen molar-refractivity contribution < 1.29 is 27.5 Å². The van der Waals surface area contributed by atoms with Gasteiger partial charge in [-0.3, -0.25) is 14.4 Å². The largest absolute Gasteiger partial charge is 0.454 e. The van der Waals surface area contributed by atoms with Crippen molar-refractivity contribution in [2.45, 2.75) is 25.8 Å². The van der Waals surface area contributed by atoms with Crippen molar-refractivity contribution in [2.24, 2.45) is 0 Å². The van der Waals surface area contributed by atoms with Gasteiger partial charge in [0, 0.05) is 12.6 Å². The molecule has 1 aliphatic rings. The Labute approximate surface area is 156 Å². The average Bonchev–Trinajstić information content (AvgIpc) is 3.25. The summed E-state index contributed by atoms with van der Waals surface area (Å²) < 4.78 is 28.2. The smallest absolute Gasteiger partial charge is 0.325 e. The van der Waals surface area contributed by atoms with Crippen molar-refractivity contribution in [1.82, 2.24) is 10.2 Å². The molecule has 1 N–H and O–H groups in total. The highest BCUT2D eigenvalue weighted by atomic mass is 32.2. The average molecular weight is 402 g/mol. The molecule has 1 aromatic heterocycles. The third-order valence-corrected chi connectivity index (χ3v) is 6.55. The summed E-state index contributed by atoms with van der Waals surface area (Å²) in [7, 11) is -3.11. The van der Waals surface area contributed by atoms with Crippen LogP contribution >= 0.6 is 11.3 Å². The van der Waals surface area contributed by atoms with Crippen molar-refractivity contribution in [3.05, 3.63) is 22.4 Å². The number of thiophene rings is 1. The minimum atomic E-state index is -3.11. The fraction of sp³-hybridized carbons (Fsp3) is 0.562. The van der Waals surface area contributed by atoms with E-state index in [9.17, 15) is 22.8 Å². The number of sulfone groups is 1. The van der Waals surface area contributed by atoms with Crippen LogP contribution in [0.2, 0.25) is 0 Å². The van der Waals surface area contributed by atoms with Gasteiger partial charge in [-0.15, -0.1) is 11.3 Å². The van der Waals surface area contributed by atoms with Crippen LogP contribution in [0.15, 0.2) is 17.5 Å². The fourth-order valence-electron chi connectivity index (χ4n) is 2.70. The number of esters is 1. The van der Waals surface area contributed by atoms with Gasteiger partial charge in [0.25, 0.3) is 11.8 Å². The number of rotatable bonds is 8. The zero-order chi connectivity index (χ0) is 19.2. The number of nitrogens with one attached hydrogen (secondary N) is 1. The molecule has 1 saturated heterocycles. The molecule has 0 unspecified atom stereocenters. The molecule has 1 aliphatic heterocycles. The van der Waals surface area contributed by atoms with Crippen molar-refractivity contribution in [3.8, 4) is 0 Å². The molecule has 0 aliphatic carbocycles. The van der Waals surface area contributed by atoms with E-state index in [1.165, 1.54) is 16.2 Å². The Morgan fingerprint density at radius 1 is 1.38 bits per heavy atom.